The molecule has 1 aliphatic heterocycles. The summed E-state index contributed by atoms with van der Waals surface area (Å²) in [5.74, 6) is 1.34. The molecule has 272 valence electrons. The summed E-state index contributed by atoms with van der Waals surface area (Å²) in [5.41, 5.74) is 13.9. The lowest BCUT2D eigenvalue weighted by Crippen LogP contribution is -2.27. The fourth-order valence-electron chi connectivity index (χ4n) is 7.31. The number of aryl methyl sites for hydroxylation is 2. The topological polar surface area (TPSA) is 12.4 Å². The zero-order chi connectivity index (χ0) is 38.3. The predicted molar refractivity (Wildman–Crippen MR) is 238 cm³/mol. The Morgan fingerprint density at radius 2 is 1.55 bits per heavy atom. The molecule has 53 heavy (non-hydrogen) atoms. The number of rotatable bonds is 3. The smallest absolute Gasteiger partial charge is 0.0452 e. The number of hydrogen-bond acceptors (Lipinski definition) is 2. The van der Waals surface area contributed by atoms with Gasteiger partial charge in [0.1, 0.15) is 0 Å². The van der Waals surface area contributed by atoms with Crippen molar-refractivity contribution in [3.8, 4) is 22.3 Å². The highest BCUT2D eigenvalue weighted by Gasteiger charge is 2.31. The van der Waals surface area contributed by atoms with E-state index in [1.54, 1.807) is 0 Å². The van der Waals surface area contributed by atoms with Gasteiger partial charge in [0, 0.05) is 33.2 Å². The molecule has 1 unspecified atom stereocenters. The van der Waals surface area contributed by atoms with Gasteiger partial charge >= 0.3 is 0 Å². The third-order valence-corrected chi connectivity index (χ3v) is 12.1. The summed E-state index contributed by atoms with van der Waals surface area (Å²) >= 11 is 1.93. The van der Waals surface area contributed by atoms with Crippen molar-refractivity contribution in [1.82, 2.24) is 0 Å². The fourth-order valence-corrected chi connectivity index (χ4v) is 8.49. The number of fused-ring (bicyclic) bond motifs is 1. The maximum absolute atomic E-state index is 4.53. The lowest BCUT2D eigenvalue weighted by Gasteiger charge is -2.35. The SMILES string of the molecule is C=C1CSC2=C(CC=CC=C2)C(C)(C)/C=C\C(C)C(C)(C)c2cc(C)ccc21.C=c1cc(-c2ccccc2)cc(-c2ccccc2C)/c1=C(\C)N=CC. The average molecular weight is 716 g/mol. The highest BCUT2D eigenvalue weighted by molar-refractivity contribution is 8.03. The van der Waals surface area contributed by atoms with Gasteiger partial charge in [-0.1, -0.05) is 157 Å². The van der Waals surface area contributed by atoms with Crippen LogP contribution in [0, 0.1) is 25.2 Å². The zero-order valence-corrected chi connectivity index (χ0v) is 34.2. The Morgan fingerprint density at radius 3 is 2.26 bits per heavy atom. The number of hydrogen-bond donors (Lipinski definition) is 0. The Balaban J connectivity index is 0.000000206. The van der Waals surface area contributed by atoms with Crippen molar-refractivity contribution in [2.45, 2.75) is 74.1 Å². The molecule has 4 aromatic carbocycles. The van der Waals surface area contributed by atoms with Gasteiger partial charge in [-0.3, -0.25) is 4.99 Å². The molecular weight excluding hydrogens is 659 g/mol. The van der Waals surface area contributed by atoms with Crippen molar-refractivity contribution >= 4 is 35.8 Å². The Hall–Kier alpha value is -4.66. The third kappa shape index (κ3) is 9.11. The lowest BCUT2D eigenvalue weighted by atomic mass is 9.70. The lowest BCUT2D eigenvalue weighted by molar-refractivity contribution is 0.404. The predicted octanol–water partition coefficient (Wildman–Crippen LogP) is 13.0. The zero-order valence-electron chi connectivity index (χ0n) is 33.4. The van der Waals surface area contributed by atoms with Gasteiger partial charge in [-0.2, -0.15) is 0 Å². The van der Waals surface area contributed by atoms with Crippen molar-refractivity contribution < 1.29 is 0 Å². The molecule has 2 heteroatoms. The van der Waals surface area contributed by atoms with E-state index < -0.39 is 0 Å². The van der Waals surface area contributed by atoms with Gasteiger partial charge in [0.05, 0.1) is 0 Å². The summed E-state index contributed by atoms with van der Waals surface area (Å²) in [6.07, 6.45) is 16.6. The van der Waals surface area contributed by atoms with Crippen LogP contribution >= 0.6 is 11.8 Å². The summed E-state index contributed by atoms with van der Waals surface area (Å²) in [6.45, 7) is 29.0. The maximum Gasteiger partial charge on any atom is 0.0452 e. The summed E-state index contributed by atoms with van der Waals surface area (Å²) < 4.78 is 0. The molecule has 0 amide bonds. The van der Waals surface area contributed by atoms with E-state index in [1.807, 2.05) is 37.9 Å². The first-order valence-corrected chi connectivity index (χ1v) is 19.9. The van der Waals surface area contributed by atoms with Crippen LogP contribution in [0.25, 0.3) is 40.1 Å². The summed E-state index contributed by atoms with van der Waals surface area (Å²) in [7, 11) is 0. The van der Waals surface area contributed by atoms with Crippen LogP contribution in [-0.4, -0.2) is 12.0 Å². The summed E-state index contributed by atoms with van der Waals surface area (Å²) in [4.78, 5) is 5.92. The molecule has 1 heterocycles. The highest BCUT2D eigenvalue weighted by atomic mass is 32.2. The van der Waals surface area contributed by atoms with Gasteiger partial charge in [-0.05, 0) is 119 Å². The standard InChI is InChI=1S/C27H34S.C24H23N/c1-19-13-14-22-20(2)18-28-25-12-10-8-9-11-23(25)26(4,5)16-15-21(3)27(6,7)24(22)17-19;1-5-25-19(4)24-18(3)15-21(20-12-7-6-8-13-20)16-23(24)22-14-10-9-11-17(22)2/h8-10,12-17,21H,2,11,18H2,1,3-7H3;5-16H,3H2,1-2,4H3/b16-15-;24-19+,25-5?. The van der Waals surface area contributed by atoms with Gasteiger partial charge in [-0.15, -0.1) is 11.8 Å². The largest absolute Gasteiger partial charge is 0.266 e. The molecule has 0 radical (unpaired) electrons. The van der Waals surface area contributed by atoms with Gasteiger partial charge in [0.2, 0.25) is 0 Å². The second-order valence-electron chi connectivity index (χ2n) is 15.6. The normalized spacial score (nSPS) is 19.2. The van der Waals surface area contributed by atoms with Gasteiger partial charge < -0.3 is 0 Å². The van der Waals surface area contributed by atoms with Crippen LogP contribution in [0.5, 0.6) is 0 Å². The Kier molecular flexibility index (Phi) is 12.7. The van der Waals surface area contributed by atoms with Crippen LogP contribution in [0.1, 0.15) is 77.1 Å². The molecule has 0 saturated heterocycles. The molecule has 0 spiro atoms. The summed E-state index contributed by atoms with van der Waals surface area (Å²) in [5, 5.41) is 2.12. The number of nitrogens with zero attached hydrogens (tertiary/aromatic N) is 1. The molecule has 0 saturated carbocycles. The molecule has 0 fully saturated rings. The van der Waals surface area contributed by atoms with Gasteiger partial charge in [0.15, 0.2) is 0 Å². The monoisotopic (exact) mass is 715 g/mol. The first-order chi connectivity index (χ1) is 25.2. The van der Waals surface area contributed by atoms with Crippen molar-refractivity contribution in [3.05, 3.63) is 171 Å². The van der Waals surface area contributed by atoms with Crippen molar-refractivity contribution in [2.24, 2.45) is 16.3 Å². The van der Waals surface area contributed by atoms with Crippen molar-refractivity contribution in [1.29, 1.82) is 0 Å². The van der Waals surface area contributed by atoms with Gasteiger partial charge in [0.25, 0.3) is 0 Å². The minimum Gasteiger partial charge on any atom is -0.266 e. The quantitative estimate of drug-likeness (QED) is 0.152. The molecule has 1 nitrogen and oxygen atoms in total. The maximum atomic E-state index is 4.53. The highest BCUT2D eigenvalue weighted by Crippen LogP contribution is 2.44. The van der Waals surface area contributed by atoms with E-state index in [4.69, 9.17) is 0 Å². The van der Waals surface area contributed by atoms with Crippen molar-refractivity contribution in [2.75, 3.05) is 5.75 Å². The number of allylic oxidation sites excluding steroid dienone is 7. The van der Waals surface area contributed by atoms with Crippen molar-refractivity contribution in [3.63, 3.8) is 0 Å². The van der Waals surface area contributed by atoms with Crippen LogP contribution in [0.4, 0.5) is 0 Å². The van der Waals surface area contributed by atoms with Crippen LogP contribution < -0.4 is 10.4 Å². The Morgan fingerprint density at radius 1 is 0.830 bits per heavy atom. The second kappa shape index (κ2) is 17.0. The Labute approximate surface area is 324 Å². The van der Waals surface area contributed by atoms with E-state index in [-0.39, 0.29) is 10.8 Å². The van der Waals surface area contributed by atoms with E-state index in [9.17, 15) is 0 Å². The molecule has 0 N–H and O–H groups in total. The molecule has 0 aromatic heterocycles. The third-order valence-electron chi connectivity index (χ3n) is 10.9. The molecule has 1 atom stereocenters. The molecule has 1 aliphatic carbocycles. The molecule has 4 aromatic rings. The first kappa shape index (κ1) is 39.5. The van der Waals surface area contributed by atoms with E-state index >= 15 is 0 Å². The molecule has 0 bridgehead atoms. The van der Waals surface area contributed by atoms with Gasteiger partial charge in [-0.25, -0.2) is 0 Å². The second-order valence-corrected chi connectivity index (χ2v) is 16.6. The minimum absolute atomic E-state index is 0.0294. The van der Waals surface area contributed by atoms with Crippen LogP contribution in [-0.2, 0) is 5.41 Å². The minimum atomic E-state index is 0.0294. The van der Waals surface area contributed by atoms with E-state index in [1.165, 1.54) is 60.6 Å². The molecule has 6 rings (SSSR count). The van der Waals surface area contributed by atoms with Crippen LogP contribution in [0.2, 0.25) is 0 Å². The van der Waals surface area contributed by atoms with E-state index in [2.05, 4.69) is 182 Å². The summed E-state index contributed by atoms with van der Waals surface area (Å²) in [6, 6.07) is 30.2. The number of aliphatic imine (C=N–C) groups is 1. The number of thioether (sulfide) groups is 1. The van der Waals surface area contributed by atoms with Crippen LogP contribution in [0.15, 0.2) is 143 Å². The average Bonchev–Trinajstić information content (AvgIpc) is 3.39. The fraction of sp³-hybridized carbons (Fsp3) is 0.275. The van der Waals surface area contributed by atoms with Crippen LogP contribution in [0.3, 0.4) is 0 Å². The number of benzene rings is 4. The van der Waals surface area contributed by atoms with E-state index in [0.29, 0.717) is 5.92 Å². The Bertz CT molecular complexity index is 2240. The van der Waals surface area contributed by atoms with E-state index in [0.717, 1.165) is 28.3 Å². The molecule has 2 aliphatic rings. The first-order valence-electron chi connectivity index (χ1n) is 18.9. The molecular formula is C51H57NS.